The monoisotopic (exact) mass is 272 g/mol. The van der Waals surface area contributed by atoms with Gasteiger partial charge in [0.1, 0.15) is 0 Å². The van der Waals surface area contributed by atoms with Crippen molar-refractivity contribution in [3.05, 3.63) is 23.0 Å². The smallest absolute Gasteiger partial charge is 0.156 e. The fourth-order valence-corrected chi connectivity index (χ4v) is 3.05. The summed E-state index contributed by atoms with van der Waals surface area (Å²) in [6, 6.07) is 0. The predicted octanol–water partition coefficient (Wildman–Crippen LogP) is 1.23. The van der Waals surface area contributed by atoms with Gasteiger partial charge in [0.2, 0.25) is 0 Å². The predicted molar refractivity (Wildman–Crippen MR) is 72.1 cm³/mol. The minimum absolute atomic E-state index is 0.0625. The summed E-state index contributed by atoms with van der Waals surface area (Å²) in [5.74, 6) is 0.0444. The van der Waals surface area contributed by atoms with E-state index in [4.69, 9.17) is 10.5 Å². The lowest BCUT2D eigenvalue weighted by atomic mass is 10.1. The molecule has 0 radical (unpaired) electrons. The topological polar surface area (TPSA) is 82.3 Å². The third kappa shape index (κ3) is 3.96. The maximum Gasteiger partial charge on any atom is 0.156 e. The van der Waals surface area contributed by atoms with Crippen molar-refractivity contribution in [3.8, 4) is 0 Å². The number of nitrogen functional groups attached to an aromatic ring is 1. The van der Waals surface area contributed by atoms with Gasteiger partial charge in [-0.15, -0.1) is 0 Å². The zero-order valence-electron chi connectivity index (χ0n) is 11.1. The molecule has 0 saturated carbocycles. The Labute approximate surface area is 108 Å². The van der Waals surface area contributed by atoms with Gasteiger partial charge in [-0.2, -0.15) is 0 Å². The fraction of sp³-hybridized carbons (Fsp3) is 0.583. The highest BCUT2D eigenvalue weighted by atomic mass is 32.2. The van der Waals surface area contributed by atoms with E-state index in [9.17, 15) is 8.42 Å². The van der Waals surface area contributed by atoms with Gasteiger partial charge in [0.05, 0.1) is 17.2 Å². The highest BCUT2D eigenvalue weighted by Gasteiger charge is 2.16. The second kappa shape index (κ2) is 6.15. The normalized spacial score (nSPS) is 11.7. The van der Waals surface area contributed by atoms with Crippen LogP contribution in [0.5, 0.6) is 0 Å². The Bertz CT molecular complexity index is 512. The molecule has 0 bridgehead atoms. The highest BCUT2D eigenvalue weighted by molar-refractivity contribution is 7.90. The number of sulfone groups is 1. The molecule has 102 valence electrons. The third-order valence-electron chi connectivity index (χ3n) is 2.84. The van der Waals surface area contributed by atoms with Gasteiger partial charge in [-0.25, -0.2) is 8.42 Å². The van der Waals surface area contributed by atoms with Crippen molar-refractivity contribution in [1.29, 1.82) is 0 Å². The molecule has 1 aromatic rings. The Morgan fingerprint density at radius 1 is 1.39 bits per heavy atom. The number of aromatic nitrogens is 1. The second-order valence-corrected chi connectivity index (χ2v) is 6.55. The Balaban J connectivity index is 2.82. The van der Waals surface area contributed by atoms with Crippen LogP contribution in [0.4, 0.5) is 5.69 Å². The summed E-state index contributed by atoms with van der Waals surface area (Å²) in [4.78, 5) is 4.16. The van der Waals surface area contributed by atoms with E-state index >= 15 is 0 Å². The van der Waals surface area contributed by atoms with Crippen LogP contribution < -0.4 is 5.73 Å². The summed E-state index contributed by atoms with van der Waals surface area (Å²) < 4.78 is 28.6. The fourth-order valence-electron chi connectivity index (χ4n) is 1.64. The average molecular weight is 272 g/mol. The quantitative estimate of drug-likeness (QED) is 0.788. The van der Waals surface area contributed by atoms with Gasteiger partial charge in [-0.05, 0) is 31.4 Å². The zero-order chi connectivity index (χ0) is 13.8. The van der Waals surface area contributed by atoms with Crippen LogP contribution in [0.15, 0.2) is 6.20 Å². The molecule has 6 heteroatoms. The molecule has 1 heterocycles. The van der Waals surface area contributed by atoms with Crippen LogP contribution in [0, 0.1) is 13.8 Å². The molecule has 0 fully saturated rings. The highest BCUT2D eigenvalue weighted by Crippen LogP contribution is 2.19. The standard InChI is InChI=1S/C12H20N2O3S/c1-9-7-14-11(10(2)12(9)13)8-18(15,16)6-4-5-17-3/h7H,4-6,8H2,1-3H3,(H2,13,14). The van der Waals surface area contributed by atoms with Crippen molar-refractivity contribution in [3.63, 3.8) is 0 Å². The Morgan fingerprint density at radius 2 is 2.06 bits per heavy atom. The molecule has 0 spiro atoms. The lowest BCUT2D eigenvalue weighted by molar-refractivity contribution is 0.199. The van der Waals surface area contributed by atoms with Crippen molar-refractivity contribution in [2.45, 2.75) is 26.0 Å². The summed E-state index contributed by atoms with van der Waals surface area (Å²) in [6.45, 7) is 4.10. The van der Waals surface area contributed by atoms with Gasteiger partial charge in [0.25, 0.3) is 0 Å². The summed E-state index contributed by atoms with van der Waals surface area (Å²) in [6.07, 6.45) is 2.11. The van der Waals surface area contributed by atoms with Gasteiger partial charge in [0, 0.05) is 25.6 Å². The molecule has 1 aromatic heterocycles. The number of nitrogens with zero attached hydrogens (tertiary/aromatic N) is 1. The van der Waals surface area contributed by atoms with E-state index in [1.807, 2.05) is 6.92 Å². The SMILES string of the molecule is COCCCS(=O)(=O)Cc1ncc(C)c(N)c1C. The molecule has 0 saturated heterocycles. The number of hydrogen-bond donors (Lipinski definition) is 1. The largest absolute Gasteiger partial charge is 0.398 e. The molecule has 0 aliphatic heterocycles. The van der Waals surface area contributed by atoms with E-state index < -0.39 is 9.84 Å². The van der Waals surface area contributed by atoms with Crippen molar-refractivity contribution in [2.24, 2.45) is 0 Å². The summed E-state index contributed by atoms with van der Waals surface area (Å²) >= 11 is 0. The van der Waals surface area contributed by atoms with E-state index in [1.54, 1.807) is 20.2 Å². The van der Waals surface area contributed by atoms with E-state index in [-0.39, 0.29) is 11.5 Å². The number of nitrogens with two attached hydrogens (primary N) is 1. The summed E-state index contributed by atoms with van der Waals surface area (Å²) in [5.41, 5.74) is 8.65. The first-order chi connectivity index (χ1) is 8.37. The number of rotatable bonds is 6. The molecule has 0 amide bonds. The van der Waals surface area contributed by atoms with Crippen LogP contribution in [0.25, 0.3) is 0 Å². The first-order valence-corrected chi connectivity index (χ1v) is 7.59. The van der Waals surface area contributed by atoms with E-state index in [1.165, 1.54) is 0 Å². The van der Waals surface area contributed by atoms with Crippen molar-refractivity contribution in [1.82, 2.24) is 4.98 Å². The molecule has 0 atom stereocenters. The lowest BCUT2D eigenvalue weighted by Crippen LogP contribution is -2.13. The third-order valence-corrected chi connectivity index (χ3v) is 4.46. The minimum atomic E-state index is -3.16. The summed E-state index contributed by atoms with van der Waals surface area (Å²) in [7, 11) is -1.60. The van der Waals surface area contributed by atoms with Gasteiger partial charge in [0.15, 0.2) is 9.84 Å². The van der Waals surface area contributed by atoms with Crippen LogP contribution in [0.2, 0.25) is 0 Å². The molecular formula is C12H20N2O3S. The number of aryl methyl sites for hydroxylation is 1. The molecule has 0 aliphatic carbocycles. The maximum absolute atomic E-state index is 11.9. The van der Waals surface area contributed by atoms with Gasteiger partial charge < -0.3 is 10.5 Å². The van der Waals surface area contributed by atoms with Crippen molar-refractivity contribution in [2.75, 3.05) is 25.2 Å². The molecule has 0 unspecified atom stereocenters. The minimum Gasteiger partial charge on any atom is -0.398 e. The van der Waals surface area contributed by atoms with E-state index in [2.05, 4.69) is 4.98 Å². The van der Waals surface area contributed by atoms with Crippen LogP contribution >= 0.6 is 0 Å². The Hall–Kier alpha value is -1.14. The number of ether oxygens (including phenoxy) is 1. The van der Waals surface area contributed by atoms with Crippen LogP contribution in [0.3, 0.4) is 0 Å². The Morgan fingerprint density at radius 3 is 2.67 bits per heavy atom. The maximum atomic E-state index is 11.9. The lowest BCUT2D eigenvalue weighted by Gasteiger charge is -2.10. The molecular weight excluding hydrogens is 252 g/mol. The van der Waals surface area contributed by atoms with Crippen molar-refractivity contribution < 1.29 is 13.2 Å². The first kappa shape index (κ1) is 14.9. The number of anilines is 1. The van der Waals surface area contributed by atoms with Gasteiger partial charge in [-0.3, -0.25) is 4.98 Å². The van der Waals surface area contributed by atoms with Gasteiger partial charge in [-0.1, -0.05) is 0 Å². The molecule has 0 aliphatic rings. The molecule has 2 N–H and O–H groups in total. The van der Waals surface area contributed by atoms with Crippen molar-refractivity contribution >= 4 is 15.5 Å². The first-order valence-electron chi connectivity index (χ1n) is 5.77. The zero-order valence-corrected chi connectivity index (χ0v) is 11.9. The molecule has 18 heavy (non-hydrogen) atoms. The molecule has 1 rings (SSSR count). The van der Waals surface area contributed by atoms with E-state index in [0.717, 1.165) is 11.1 Å². The van der Waals surface area contributed by atoms with Gasteiger partial charge >= 0.3 is 0 Å². The summed E-state index contributed by atoms with van der Waals surface area (Å²) in [5, 5.41) is 0. The second-order valence-electron chi connectivity index (χ2n) is 4.36. The average Bonchev–Trinajstić information content (AvgIpc) is 2.30. The van der Waals surface area contributed by atoms with Crippen LogP contribution in [0.1, 0.15) is 23.2 Å². The Kier molecular flexibility index (Phi) is 5.10. The van der Waals surface area contributed by atoms with Crippen LogP contribution in [-0.2, 0) is 20.3 Å². The number of hydrogen-bond acceptors (Lipinski definition) is 5. The molecule has 5 nitrogen and oxygen atoms in total. The van der Waals surface area contributed by atoms with Crippen LogP contribution in [-0.4, -0.2) is 32.9 Å². The number of pyridine rings is 1. The molecule has 0 aromatic carbocycles. The number of methoxy groups -OCH3 is 1. The van der Waals surface area contributed by atoms with E-state index in [0.29, 0.717) is 24.4 Å².